The third-order valence-corrected chi connectivity index (χ3v) is 6.06. The molecule has 2 aromatic rings. The zero-order chi connectivity index (χ0) is 26.6. The molecule has 0 aromatic heterocycles. The number of aromatic hydroxyl groups is 1. The minimum atomic E-state index is -0.411. The summed E-state index contributed by atoms with van der Waals surface area (Å²) in [6, 6.07) is 6.67. The van der Waals surface area contributed by atoms with Crippen molar-refractivity contribution in [2.45, 2.75) is 19.8 Å². The number of ether oxygens (including phenoxy) is 1. The predicted octanol–water partition coefficient (Wildman–Crippen LogP) is 1.97. The molecule has 0 aliphatic heterocycles. The van der Waals surface area contributed by atoms with Crippen molar-refractivity contribution in [2.75, 3.05) is 76.3 Å². The molecule has 2 aromatic carbocycles. The van der Waals surface area contributed by atoms with Crippen molar-refractivity contribution in [3.8, 4) is 5.75 Å². The van der Waals surface area contributed by atoms with Crippen LogP contribution in [0, 0.1) is 0 Å². The van der Waals surface area contributed by atoms with Gasteiger partial charge < -0.3 is 41.3 Å². The average Bonchev–Trinajstić information content (AvgIpc) is 2.90. The first-order chi connectivity index (χ1) is 18.0. The molecule has 3 rings (SSSR count). The molecule has 0 heterocycles. The van der Waals surface area contributed by atoms with E-state index in [0.717, 1.165) is 6.42 Å². The van der Waals surface area contributed by atoms with Crippen molar-refractivity contribution in [3.05, 3.63) is 52.1 Å². The fraction of sp³-hybridized carbons (Fsp3) is 0.481. The molecular weight excluding hydrogens is 547 g/mol. The van der Waals surface area contributed by atoms with Gasteiger partial charge in [-0.3, -0.25) is 9.59 Å². The Balaban J connectivity index is 0.00000380. The van der Waals surface area contributed by atoms with E-state index in [1.54, 1.807) is 18.2 Å². The topological polar surface area (TPSA) is 152 Å². The number of hydrogen-bond acceptors (Lipinski definition) is 10. The summed E-state index contributed by atoms with van der Waals surface area (Å²) in [6.45, 7) is 6.07. The van der Waals surface area contributed by atoms with Gasteiger partial charge in [-0.2, -0.15) is 0 Å². The van der Waals surface area contributed by atoms with Gasteiger partial charge in [0.2, 0.25) is 0 Å². The van der Waals surface area contributed by atoms with Gasteiger partial charge in [0.1, 0.15) is 5.75 Å². The van der Waals surface area contributed by atoms with Crippen molar-refractivity contribution >= 4 is 47.8 Å². The number of hydrogen-bond donors (Lipinski definition) is 7. The maximum atomic E-state index is 14.0. The quantitative estimate of drug-likeness (QED) is 0.117. The van der Waals surface area contributed by atoms with E-state index in [1.807, 2.05) is 6.92 Å². The van der Waals surface area contributed by atoms with Gasteiger partial charge in [-0.25, -0.2) is 0 Å². The van der Waals surface area contributed by atoms with E-state index >= 15 is 0 Å². The number of fused-ring (bicyclic) bond motifs is 2. The molecule has 7 N–H and O–H groups in total. The van der Waals surface area contributed by atoms with Crippen LogP contribution in [0.15, 0.2) is 24.3 Å². The molecule has 0 atom stereocenters. The zero-order valence-corrected chi connectivity index (χ0v) is 23.8. The zero-order valence-electron chi connectivity index (χ0n) is 22.2. The molecule has 39 heavy (non-hydrogen) atoms. The Bertz CT molecular complexity index is 1090. The molecule has 0 bridgehead atoms. The summed E-state index contributed by atoms with van der Waals surface area (Å²) in [5.74, 6) is -0.954. The number of carbonyl (C=O) groups is 2. The Hall–Kier alpha value is -2.44. The number of aliphatic hydroxyl groups excluding tert-OH is 2. The lowest BCUT2D eigenvalue weighted by Crippen LogP contribution is -2.29. The first-order valence-electron chi connectivity index (χ1n) is 12.8. The fourth-order valence-electron chi connectivity index (χ4n) is 4.36. The molecule has 0 spiro atoms. The predicted molar refractivity (Wildman–Crippen MR) is 158 cm³/mol. The Morgan fingerprint density at radius 2 is 1.23 bits per heavy atom. The standard InChI is InChI=1S/C27H38N4O6.2ClH/c1-2-16-37-17-7-18-3-6-21(34)25-22(18)26(35)23-19(30-10-8-28-12-14-32)4-5-20(24(23)27(25)36)31-11-9-29-13-15-33;;/h3-6,28-34H,2,7-17H2,1H3;2*1H. The van der Waals surface area contributed by atoms with Gasteiger partial charge in [-0.15, -0.1) is 24.8 Å². The lowest BCUT2D eigenvalue weighted by atomic mass is 9.79. The van der Waals surface area contributed by atoms with Gasteiger partial charge in [-0.05, 0) is 36.6 Å². The van der Waals surface area contributed by atoms with E-state index in [9.17, 15) is 14.7 Å². The van der Waals surface area contributed by atoms with Crippen molar-refractivity contribution < 1.29 is 29.6 Å². The number of benzene rings is 2. The number of halogens is 2. The maximum Gasteiger partial charge on any atom is 0.200 e. The van der Waals surface area contributed by atoms with Crippen LogP contribution < -0.4 is 21.3 Å². The minimum absolute atomic E-state index is 0. The third-order valence-electron chi connectivity index (χ3n) is 6.06. The van der Waals surface area contributed by atoms with Crippen LogP contribution in [0.5, 0.6) is 5.75 Å². The van der Waals surface area contributed by atoms with E-state index in [-0.39, 0.29) is 71.8 Å². The number of ketones is 2. The number of anilines is 2. The first kappa shape index (κ1) is 34.6. The number of phenolic OH excluding ortho intramolecular Hbond substituents is 1. The molecule has 0 fully saturated rings. The maximum absolute atomic E-state index is 14.0. The molecule has 0 amide bonds. The van der Waals surface area contributed by atoms with E-state index in [0.29, 0.717) is 75.8 Å². The van der Waals surface area contributed by atoms with Crippen LogP contribution >= 0.6 is 24.8 Å². The van der Waals surface area contributed by atoms with Crippen molar-refractivity contribution in [1.29, 1.82) is 0 Å². The van der Waals surface area contributed by atoms with Crippen LogP contribution in [0.2, 0.25) is 0 Å². The van der Waals surface area contributed by atoms with Gasteiger partial charge in [-0.1, -0.05) is 13.0 Å². The number of phenols is 1. The van der Waals surface area contributed by atoms with Crippen molar-refractivity contribution in [1.82, 2.24) is 10.6 Å². The fourth-order valence-corrected chi connectivity index (χ4v) is 4.36. The Kier molecular flexibility index (Phi) is 16.0. The summed E-state index contributed by atoms with van der Waals surface area (Å²) in [5, 5.41) is 41.2. The van der Waals surface area contributed by atoms with E-state index in [4.69, 9.17) is 14.9 Å². The lowest BCUT2D eigenvalue weighted by molar-refractivity contribution is 0.0975. The van der Waals surface area contributed by atoms with Gasteiger partial charge in [0.25, 0.3) is 0 Å². The van der Waals surface area contributed by atoms with Crippen LogP contribution in [-0.4, -0.2) is 92.6 Å². The van der Waals surface area contributed by atoms with Gasteiger partial charge >= 0.3 is 0 Å². The highest BCUT2D eigenvalue weighted by atomic mass is 35.5. The highest BCUT2D eigenvalue weighted by Gasteiger charge is 2.37. The second-order valence-corrected chi connectivity index (χ2v) is 8.73. The summed E-state index contributed by atoms with van der Waals surface area (Å²) in [4.78, 5) is 27.8. The van der Waals surface area contributed by atoms with Crippen LogP contribution in [0.1, 0.15) is 50.8 Å². The molecule has 218 valence electrons. The van der Waals surface area contributed by atoms with Crippen molar-refractivity contribution in [3.63, 3.8) is 0 Å². The third kappa shape index (κ3) is 8.77. The molecule has 12 heteroatoms. The number of carbonyl (C=O) groups excluding carboxylic acids is 2. The first-order valence-corrected chi connectivity index (χ1v) is 12.8. The largest absolute Gasteiger partial charge is 0.507 e. The van der Waals surface area contributed by atoms with E-state index < -0.39 is 5.78 Å². The lowest BCUT2D eigenvalue weighted by Gasteiger charge is -2.26. The molecule has 0 unspecified atom stereocenters. The van der Waals surface area contributed by atoms with Crippen molar-refractivity contribution in [2.24, 2.45) is 0 Å². The number of aliphatic hydroxyl groups is 2. The van der Waals surface area contributed by atoms with Crippen LogP contribution in [0.3, 0.4) is 0 Å². The second kappa shape index (κ2) is 18.0. The number of rotatable bonds is 17. The van der Waals surface area contributed by atoms with E-state index in [1.165, 1.54) is 6.07 Å². The minimum Gasteiger partial charge on any atom is -0.507 e. The molecular formula is C27H40Cl2N4O6. The van der Waals surface area contributed by atoms with Gasteiger partial charge in [0.05, 0.1) is 36.5 Å². The molecule has 1 aliphatic carbocycles. The highest BCUT2D eigenvalue weighted by Crippen LogP contribution is 2.40. The molecule has 0 saturated heterocycles. The monoisotopic (exact) mass is 586 g/mol. The normalized spacial score (nSPS) is 11.8. The summed E-state index contributed by atoms with van der Waals surface area (Å²) in [5.41, 5.74) is 2.44. The SMILES string of the molecule is CCCOCCc1ccc(O)c2c1C(=O)c1c(NCCNCCO)ccc(NCCNCCO)c1C2=O.Cl.Cl. The molecule has 0 saturated carbocycles. The van der Waals surface area contributed by atoms with Crippen LogP contribution in [0.4, 0.5) is 11.4 Å². The Morgan fingerprint density at radius 1 is 0.692 bits per heavy atom. The Labute approximate surface area is 241 Å². The smallest absolute Gasteiger partial charge is 0.200 e. The molecule has 0 radical (unpaired) electrons. The van der Waals surface area contributed by atoms with Gasteiger partial charge in [0, 0.05) is 62.8 Å². The average molecular weight is 588 g/mol. The highest BCUT2D eigenvalue weighted by molar-refractivity contribution is 6.33. The summed E-state index contributed by atoms with van der Waals surface area (Å²) in [6.07, 6.45) is 1.32. The molecule has 1 aliphatic rings. The Morgan fingerprint density at radius 3 is 1.74 bits per heavy atom. The van der Waals surface area contributed by atoms with Crippen LogP contribution in [-0.2, 0) is 11.2 Å². The van der Waals surface area contributed by atoms with Gasteiger partial charge in [0.15, 0.2) is 11.6 Å². The number of nitrogens with one attached hydrogen (secondary N) is 4. The summed E-state index contributed by atoms with van der Waals surface area (Å²) in [7, 11) is 0. The van der Waals surface area contributed by atoms with E-state index in [2.05, 4.69) is 21.3 Å². The summed E-state index contributed by atoms with van der Waals surface area (Å²) < 4.78 is 5.61. The van der Waals surface area contributed by atoms with Crippen LogP contribution in [0.25, 0.3) is 0 Å². The second-order valence-electron chi connectivity index (χ2n) is 8.73. The molecule has 10 nitrogen and oxygen atoms in total. The summed E-state index contributed by atoms with van der Waals surface area (Å²) >= 11 is 0.